The molecule has 0 spiro atoms. The van der Waals surface area contributed by atoms with Crippen molar-refractivity contribution in [3.05, 3.63) is 0 Å². The van der Waals surface area contributed by atoms with Gasteiger partial charge in [0, 0.05) is 5.75 Å². The number of esters is 1. The summed E-state index contributed by atoms with van der Waals surface area (Å²) in [6, 6.07) is 0. The van der Waals surface area contributed by atoms with Gasteiger partial charge in [-0.05, 0) is 18.6 Å². The summed E-state index contributed by atoms with van der Waals surface area (Å²) in [5.41, 5.74) is 0. The van der Waals surface area contributed by atoms with E-state index in [1.807, 2.05) is 11.8 Å². The standard InChI is InChI=1S/C31H62O2S/c1-3-5-7-9-11-13-15-16-17-18-19-21-23-25-28-33-31(32)27-30-34-29-26-24-22-20-14-12-10-8-6-4-2/h3-30H2,1-2H3. The molecule has 0 fully saturated rings. The fraction of sp³-hybridized carbons (Fsp3) is 0.968. The molecule has 0 saturated carbocycles. The molecule has 0 radical (unpaired) electrons. The van der Waals surface area contributed by atoms with E-state index in [1.165, 1.54) is 153 Å². The van der Waals surface area contributed by atoms with Crippen molar-refractivity contribution < 1.29 is 9.53 Å². The van der Waals surface area contributed by atoms with Crippen LogP contribution in [0.5, 0.6) is 0 Å². The molecule has 0 unspecified atom stereocenters. The van der Waals surface area contributed by atoms with Gasteiger partial charge in [-0.2, -0.15) is 11.8 Å². The van der Waals surface area contributed by atoms with E-state index in [0.29, 0.717) is 13.0 Å². The number of thioether (sulfide) groups is 1. The zero-order valence-corrected chi connectivity index (χ0v) is 24.3. The second-order valence-corrected chi connectivity index (χ2v) is 11.6. The van der Waals surface area contributed by atoms with Crippen LogP contribution in [0.2, 0.25) is 0 Å². The van der Waals surface area contributed by atoms with Crippen LogP contribution in [0.3, 0.4) is 0 Å². The molecule has 0 atom stereocenters. The van der Waals surface area contributed by atoms with Crippen molar-refractivity contribution in [2.24, 2.45) is 0 Å². The summed E-state index contributed by atoms with van der Waals surface area (Å²) in [6.07, 6.45) is 33.5. The first kappa shape index (κ1) is 33.8. The molecule has 2 nitrogen and oxygen atoms in total. The van der Waals surface area contributed by atoms with Gasteiger partial charge in [0.15, 0.2) is 0 Å². The molecule has 0 aromatic heterocycles. The number of carbonyl (C=O) groups excluding carboxylic acids is 1. The maximum absolute atomic E-state index is 11.8. The van der Waals surface area contributed by atoms with Crippen molar-refractivity contribution in [2.45, 2.75) is 174 Å². The molecule has 0 N–H and O–H groups in total. The first-order valence-corrected chi connectivity index (χ1v) is 16.7. The molecule has 0 rings (SSSR count). The first-order valence-electron chi connectivity index (χ1n) is 15.5. The van der Waals surface area contributed by atoms with Crippen LogP contribution in [0.25, 0.3) is 0 Å². The molecule has 0 heterocycles. The highest BCUT2D eigenvalue weighted by Gasteiger charge is 2.03. The number of carbonyl (C=O) groups is 1. The molecule has 3 heteroatoms. The third-order valence-electron chi connectivity index (χ3n) is 6.85. The Labute approximate surface area is 219 Å². The van der Waals surface area contributed by atoms with Gasteiger partial charge in [-0.15, -0.1) is 0 Å². The highest BCUT2D eigenvalue weighted by atomic mass is 32.2. The number of unbranched alkanes of at least 4 members (excludes halogenated alkanes) is 22. The lowest BCUT2D eigenvalue weighted by Gasteiger charge is -2.06. The molecule has 0 aliphatic rings. The van der Waals surface area contributed by atoms with Gasteiger partial charge in [0.05, 0.1) is 13.0 Å². The third kappa shape index (κ3) is 29.9. The summed E-state index contributed by atoms with van der Waals surface area (Å²) in [4.78, 5) is 11.8. The molecular weight excluding hydrogens is 436 g/mol. The summed E-state index contributed by atoms with van der Waals surface area (Å²) < 4.78 is 5.40. The van der Waals surface area contributed by atoms with Crippen molar-refractivity contribution >= 4 is 17.7 Å². The number of hydrogen-bond donors (Lipinski definition) is 0. The lowest BCUT2D eigenvalue weighted by Crippen LogP contribution is -2.07. The van der Waals surface area contributed by atoms with E-state index in [1.54, 1.807) is 0 Å². The maximum Gasteiger partial charge on any atom is 0.306 e. The number of rotatable bonds is 29. The smallest absolute Gasteiger partial charge is 0.306 e. The predicted molar refractivity (Wildman–Crippen MR) is 155 cm³/mol. The van der Waals surface area contributed by atoms with Crippen LogP contribution in [-0.4, -0.2) is 24.1 Å². The summed E-state index contributed by atoms with van der Waals surface area (Å²) in [7, 11) is 0. The first-order chi connectivity index (χ1) is 16.8. The van der Waals surface area contributed by atoms with Crippen molar-refractivity contribution in [3.8, 4) is 0 Å². The lowest BCUT2D eigenvalue weighted by molar-refractivity contribution is -0.143. The fourth-order valence-corrected chi connectivity index (χ4v) is 5.43. The molecule has 0 aliphatic heterocycles. The van der Waals surface area contributed by atoms with Gasteiger partial charge in [-0.3, -0.25) is 4.79 Å². The van der Waals surface area contributed by atoms with Crippen LogP contribution in [-0.2, 0) is 9.53 Å². The lowest BCUT2D eigenvalue weighted by atomic mass is 10.0. The Morgan fingerprint density at radius 2 is 0.824 bits per heavy atom. The van der Waals surface area contributed by atoms with Gasteiger partial charge >= 0.3 is 5.97 Å². The minimum atomic E-state index is 0.00488. The molecule has 0 bridgehead atoms. The van der Waals surface area contributed by atoms with Crippen LogP contribution in [0, 0.1) is 0 Å². The maximum atomic E-state index is 11.8. The second-order valence-electron chi connectivity index (χ2n) is 10.4. The minimum Gasteiger partial charge on any atom is -0.466 e. The normalized spacial score (nSPS) is 11.2. The number of ether oxygens (including phenoxy) is 1. The highest BCUT2D eigenvalue weighted by Crippen LogP contribution is 2.14. The Kier molecular flexibility index (Phi) is 30.7. The molecular formula is C31H62O2S. The van der Waals surface area contributed by atoms with Gasteiger partial charge in [0.25, 0.3) is 0 Å². The van der Waals surface area contributed by atoms with Gasteiger partial charge in [0.1, 0.15) is 0 Å². The summed E-state index contributed by atoms with van der Waals surface area (Å²) in [5, 5.41) is 0. The molecule has 0 aliphatic carbocycles. The van der Waals surface area contributed by atoms with Gasteiger partial charge in [-0.1, -0.05) is 155 Å². The average Bonchev–Trinajstić information content (AvgIpc) is 2.84. The monoisotopic (exact) mass is 498 g/mol. The Bertz CT molecular complexity index is 386. The Balaban J connectivity index is 3.14. The molecule has 0 aromatic carbocycles. The van der Waals surface area contributed by atoms with Crippen LogP contribution < -0.4 is 0 Å². The summed E-state index contributed by atoms with van der Waals surface area (Å²) >= 11 is 1.92. The van der Waals surface area contributed by atoms with Crippen molar-refractivity contribution in [2.75, 3.05) is 18.1 Å². The SMILES string of the molecule is CCCCCCCCCCCCCCCCOC(=O)CCSCCCCCCCCCCCC. The Hall–Kier alpha value is -0.180. The molecule has 0 saturated heterocycles. The van der Waals surface area contributed by atoms with E-state index in [0.717, 1.165) is 12.2 Å². The van der Waals surface area contributed by atoms with E-state index < -0.39 is 0 Å². The van der Waals surface area contributed by atoms with Crippen molar-refractivity contribution in [1.29, 1.82) is 0 Å². The zero-order chi connectivity index (χ0) is 24.8. The minimum absolute atomic E-state index is 0.00488. The fourth-order valence-electron chi connectivity index (χ4n) is 4.50. The zero-order valence-electron chi connectivity index (χ0n) is 23.5. The van der Waals surface area contributed by atoms with E-state index >= 15 is 0 Å². The number of hydrogen-bond acceptors (Lipinski definition) is 3. The van der Waals surface area contributed by atoms with Crippen molar-refractivity contribution in [3.63, 3.8) is 0 Å². The highest BCUT2D eigenvalue weighted by molar-refractivity contribution is 7.99. The predicted octanol–water partition coefficient (Wildman–Crippen LogP) is 11.1. The molecule has 0 aromatic rings. The Morgan fingerprint density at radius 3 is 1.24 bits per heavy atom. The van der Waals surface area contributed by atoms with E-state index in [9.17, 15) is 4.79 Å². The quantitative estimate of drug-likeness (QED) is 0.0757. The topological polar surface area (TPSA) is 26.3 Å². The van der Waals surface area contributed by atoms with Crippen LogP contribution in [0.15, 0.2) is 0 Å². The van der Waals surface area contributed by atoms with Crippen LogP contribution in [0.1, 0.15) is 174 Å². The largest absolute Gasteiger partial charge is 0.466 e. The Morgan fingerprint density at radius 1 is 0.471 bits per heavy atom. The van der Waals surface area contributed by atoms with Crippen LogP contribution in [0.4, 0.5) is 0 Å². The third-order valence-corrected chi connectivity index (χ3v) is 7.92. The molecule has 34 heavy (non-hydrogen) atoms. The van der Waals surface area contributed by atoms with Gasteiger partial charge in [0.2, 0.25) is 0 Å². The second kappa shape index (κ2) is 30.9. The molecule has 0 amide bonds. The van der Waals surface area contributed by atoms with Crippen molar-refractivity contribution in [1.82, 2.24) is 0 Å². The van der Waals surface area contributed by atoms with E-state index in [-0.39, 0.29) is 5.97 Å². The van der Waals surface area contributed by atoms with Gasteiger partial charge < -0.3 is 4.74 Å². The summed E-state index contributed by atoms with van der Waals surface area (Å²) in [6.45, 7) is 5.19. The van der Waals surface area contributed by atoms with E-state index in [2.05, 4.69) is 13.8 Å². The van der Waals surface area contributed by atoms with E-state index in [4.69, 9.17) is 4.74 Å². The summed E-state index contributed by atoms with van der Waals surface area (Å²) in [5.74, 6) is 2.13. The van der Waals surface area contributed by atoms with Crippen LogP contribution >= 0.6 is 11.8 Å². The average molecular weight is 499 g/mol. The molecule has 204 valence electrons. The van der Waals surface area contributed by atoms with Gasteiger partial charge in [-0.25, -0.2) is 0 Å².